The normalized spacial score (nSPS) is 12.0. The Morgan fingerprint density at radius 3 is 2.45 bits per heavy atom. The lowest BCUT2D eigenvalue weighted by Gasteiger charge is -2.15. The van der Waals surface area contributed by atoms with E-state index >= 15 is 0 Å². The maximum absolute atomic E-state index is 12.1. The molecule has 0 aromatic heterocycles. The number of aryl methyl sites for hydroxylation is 2. The molecular weight excluding hydrogens is 314 g/mol. The average Bonchev–Trinajstić information content (AvgIpc) is 2.49. The Morgan fingerprint density at radius 2 is 1.82 bits per heavy atom. The van der Waals surface area contributed by atoms with Gasteiger partial charge in [-0.25, -0.2) is 0 Å². The van der Waals surface area contributed by atoms with Crippen molar-refractivity contribution in [2.24, 2.45) is 0 Å². The van der Waals surface area contributed by atoms with E-state index in [2.05, 4.69) is 37.4 Å². The first-order valence-corrected chi connectivity index (χ1v) is 8.57. The number of hydrogen-bond donors (Lipinski definition) is 1. The molecule has 1 N–H and O–H groups in total. The van der Waals surface area contributed by atoms with Gasteiger partial charge in [-0.3, -0.25) is 4.79 Å². The van der Waals surface area contributed by atoms with Gasteiger partial charge >= 0.3 is 0 Å². The first-order chi connectivity index (χ1) is 10.5. The van der Waals surface area contributed by atoms with Gasteiger partial charge in [0.15, 0.2) is 0 Å². The summed E-state index contributed by atoms with van der Waals surface area (Å²) < 4.78 is 0. The molecule has 0 saturated carbocycles. The van der Waals surface area contributed by atoms with Gasteiger partial charge in [-0.05, 0) is 61.7 Å². The van der Waals surface area contributed by atoms with Gasteiger partial charge in [0.25, 0.3) is 0 Å². The fourth-order valence-electron chi connectivity index (χ4n) is 2.08. The highest BCUT2D eigenvalue weighted by Gasteiger charge is 2.10. The summed E-state index contributed by atoms with van der Waals surface area (Å²) in [6.45, 7) is 6.18. The number of halogens is 1. The molecule has 0 aliphatic carbocycles. The first kappa shape index (κ1) is 16.9. The molecule has 2 nitrogen and oxygen atoms in total. The van der Waals surface area contributed by atoms with Crippen LogP contribution in [-0.4, -0.2) is 11.7 Å². The van der Waals surface area contributed by atoms with Gasteiger partial charge in [-0.1, -0.05) is 29.8 Å². The topological polar surface area (TPSA) is 29.1 Å². The lowest BCUT2D eigenvalue weighted by molar-refractivity contribution is -0.119. The summed E-state index contributed by atoms with van der Waals surface area (Å²) in [5, 5.41) is 3.74. The van der Waals surface area contributed by atoms with E-state index in [-0.39, 0.29) is 11.9 Å². The molecule has 2 rings (SSSR count). The minimum absolute atomic E-state index is 0.0117. The van der Waals surface area contributed by atoms with Crippen molar-refractivity contribution in [3.05, 3.63) is 64.2 Å². The van der Waals surface area contributed by atoms with Crippen LogP contribution >= 0.6 is 23.4 Å². The molecule has 1 unspecified atom stereocenters. The van der Waals surface area contributed by atoms with Crippen LogP contribution in [0.3, 0.4) is 0 Å². The molecular formula is C18H20ClNOS. The summed E-state index contributed by atoms with van der Waals surface area (Å²) in [6, 6.07) is 13.8. The molecule has 0 radical (unpaired) electrons. The molecule has 0 bridgehead atoms. The molecule has 22 heavy (non-hydrogen) atoms. The Balaban J connectivity index is 1.88. The third-order valence-corrected chi connectivity index (χ3v) is 4.86. The lowest BCUT2D eigenvalue weighted by Crippen LogP contribution is -2.28. The van der Waals surface area contributed by atoms with Gasteiger partial charge in [-0.2, -0.15) is 0 Å². The highest BCUT2D eigenvalue weighted by molar-refractivity contribution is 8.00. The van der Waals surface area contributed by atoms with E-state index in [1.165, 1.54) is 22.9 Å². The van der Waals surface area contributed by atoms with Crippen molar-refractivity contribution >= 4 is 29.3 Å². The van der Waals surface area contributed by atoms with Gasteiger partial charge in [0, 0.05) is 9.92 Å². The highest BCUT2D eigenvalue weighted by atomic mass is 35.5. The van der Waals surface area contributed by atoms with Crippen LogP contribution < -0.4 is 5.32 Å². The molecule has 4 heteroatoms. The molecule has 0 aliphatic heterocycles. The maximum Gasteiger partial charge on any atom is 0.230 e. The van der Waals surface area contributed by atoms with E-state index in [1.807, 2.05) is 31.2 Å². The fourth-order valence-corrected chi connectivity index (χ4v) is 2.92. The molecule has 1 amide bonds. The molecule has 0 fully saturated rings. The van der Waals surface area contributed by atoms with Gasteiger partial charge in [0.05, 0.1) is 11.8 Å². The Bertz CT molecular complexity index is 655. The van der Waals surface area contributed by atoms with E-state index < -0.39 is 0 Å². The highest BCUT2D eigenvalue weighted by Crippen LogP contribution is 2.21. The Hall–Kier alpha value is -1.45. The van der Waals surface area contributed by atoms with Crippen LogP contribution in [-0.2, 0) is 4.79 Å². The summed E-state index contributed by atoms with van der Waals surface area (Å²) in [7, 11) is 0. The number of amides is 1. The van der Waals surface area contributed by atoms with Gasteiger partial charge in [-0.15, -0.1) is 11.8 Å². The quantitative estimate of drug-likeness (QED) is 0.786. The predicted octanol–water partition coefficient (Wildman–Crippen LogP) is 4.93. The van der Waals surface area contributed by atoms with Crippen molar-refractivity contribution in [2.75, 3.05) is 5.75 Å². The monoisotopic (exact) mass is 333 g/mol. The number of benzene rings is 2. The predicted molar refractivity (Wildman–Crippen MR) is 94.6 cm³/mol. The lowest BCUT2D eigenvalue weighted by atomic mass is 10.0. The largest absolute Gasteiger partial charge is 0.349 e. The number of hydrogen-bond acceptors (Lipinski definition) is 2. The minimum Gasteiger partial charge on any atom is -0.349 e. The SMILES string of the molecule is Cc1ccc(C(C)NC(=O)CSc2ccc(Cl)cc2)cc1C. The van der Waals surface area contributed by atoms with Crippen LogP contribution in [0.2, 0.25) is 5.02 Å². The second-order valence-electron chi connectivity index (χ2n) is 5.38. The molecule has 2 aromatic carbocycles. The second-order valence-corrected chi connectivity index (χ2v) is 6.86. The number of carbonyl (C=O) groups excluding carboxylic acids is 1. The van der Waals surface area contributed by atoms with Crippen LogP contribution in [0.15, 0.2) is 47.4 Å². The van der Waals surface area contributed by atoms with Crippen molar-refractivity contribution in [3.8, 4) is 0 Å². The number of nitrogens with one attached hydrogen (secondary N) is 1. The molecule has 1 atom stereocenters. The molecule has 0 saturated heterocycles. The third-order valence-electron chi connectivity index (χ3n) is 3.59. The summed E-state index contributed by atoms with van der Waals surface area (Å²) in [5.74, 6) is 0.433. The Kier molecular flexibility index (Phi) is 5.92. The molecule has 0 heterocycles. The van der Waals surface area contributed by atoms with Crippen LogP contribution in [0.5, 0.6) is 0 Å². The van der Waals surface area contributed by atoms with E-state index in [0.29, 0.717) is 10.8 Å². The molecule has 0 spiro atoms. The zero-order valence-corrected chi connectivity index (χ0v) is 14.6. The summed E-state index contributed by atoms with van der Waals surface area (Å²) in [6.07, 6.45) is 0. The van der Waals surface area contributed by atoms with Crippen molar-refractivity contribution in [1.82, 2.24) is 5.32 Å². The van der Waals surface area contributed by atoms with Gasteiger partial charge in [0.2, 0.25) is 5.91 Å². The smallest absolute Gasteiger partial charge is 0.230 e. The zero-order chi connectivity index (χ0) is 16.1. The van der Waals surface area contributed by atoms with Crippen molar-refractivity contribution in [2.45, 2.75) is 31.7 Å². The van der Waals surface area contributed by atoms with Crippen molar-refractivity contribution in [1.29, 1.82) is 0 Å². The summed E-state index contributed by atoms with van der Waals surface area (Å²) in [5.41, 5.74) is 3.64. The first-order valence-electron chi connectivity index (χ1n) is 7.20. The molecule has 116 valence electrons. The number of carbonyl (C=O) groups is 1. The van der Waals surface area contributed by atoms with Crippen molar-refractivity contribution < 1.29 is 4.79 Å². The third kappa shape index (κ3) is 4.79. The Labute approximate surface area is 141 Å². The standard InChI is InChI=1S/C18H20ClNOS/c1-12-4-5-15(10-13(12)2)14(3)20-18(21)11-22-17-8-6-16(19)7-9-17/h4-10,14H,11H2,1-3H3,(H,20,21). The second kappa shape index (κ2) is 7.70. The van der Waals surface area contributed by atoms with Crippen LogP contribution in [0, 0.1) is 13.8 Å². The number of rotatable bonds is 5. The molecule has 2 aromatic rings. The van der Waals surface area contributed by atoms with Gasteiger partial charge in [0.1, 0.15) is 0 Å². The van der Waals surface area contributed by atoms with E-state index in [0.717, 1.165) is 10.5 Å². The van der Waals surface area contributed by atoms with Crippen LogP contribution in [0.4, 0.5) is 0 Å². The van der Waals surface area contributed by atoms with Crippen LogP contribution in [0.25, 0.3) is 0 Å². The average molecular weight is 334 g/mol. The zero-order valence-electron chi connectivity index (χ0n) is 13.0. The number of thioether (sulfide) groups is 1. The summed E-state index contributed by atoms with van der Waals surface area (Å²) >= 11 is 7.36. The van der Waals surface area contributed by atoms with Gasteiger partial charge < -0.3 is 5.32 Å². The van der Waals surface area contributed by atoms with E-state index in [9.17, 15) is 4.79 Å². The van der Waals surface area contributed by atoms with Crippen molar-refractivity contribution in [3.63, 3.8) is 0 Å². The fraction of sp³-hybridized carbons (Fsp3) is 0.278. The van der Waals surface area contributed by atoms with Crippen LogP contribution in [0.1, 0.15) is 29.7 Å². The Morgan fingerprint density at radius 1 is 1.14 bits per heavy atom. The van der Waals surface area contributed by atoms with E-state index in [1.54, 1.807) is 0 Å². The van der Waals surface area contributed by atoms with E-state index in [4.69, 9.17) is 11.6 Å². The summed E-state index contributed by atoms with van der Waals surface area (Å²) in [4.78, 5) is 13.1. The molecule has 0 aliphatic rings. The minimum atomic E-state index is 0.0117. The maximum atomic E-state index is 12.1.